The van der Waals surface area contributed by atoms with Gasteiger partial charge in [-0.25, -0.2) is 9.67 Å². The highest BCUT2D eigenvalue weighted by atomic mass is 35.5. The van der Waals surface area contributed by atoms with E-state index in [9.17, 15) is 5.11 Å². The highest BCUT2D eigenvalue weighted by molar-refractivity contribution is 6.30. The van der Waals surface area contributed by atoms with Gasteiger partial charge in [0.15, 0.2) is 0 Å². The van der Waals surface area contributed by atoms with Crippen molar-refractivity contribution in [2.45, 2.75) is 19.1 Å². The van der Waals surface area contributed by atoms with E-state index in [1.807, 2.05) is 0 Å². The molecule has 0 spiro atoms. The van der Waals surface area contributed by atoms with E-state index in [1.54, 1.807) is 67.5 Å². The summed E-state index contributed by atoms with van der Waals surface area (Å²) < 4.78 is 12.8. The molecule has 0 saturated carbocycles. The van der Waals surface area contributed by atoms with Crippen LogP contribution in [0, 0.1) is 0 Å². The molecule has 1 unspecified atom stereocenters. The van der Waals surface area contributed by atoms with Gasteiger partial charge in [0.2, 0.25) is 0 Å². The molecule has 130 valence electrons. The van der Waals surface area contributed by atoms with Crippen LogP contribution in [-0.4, -0.2) is 27.0 Å². The minimum Gasteiger partial charge on any atom is -0.496 e. The van der Waals surface area contributed by atoms with Crippen LogP contribution in [0.2, 0.25) is 5.02 Å². The summed E-state index contributed by atoms with van der Waals surface area (Å²) in [5, 5.41) is 15.5. The molecular weight excluding hydrogens is 342 g/mol. The Balaban J connectivity index is 1.84. The van der Waals surface area contributed by atoms with Gasteiger partial charge in [-0.2, -0.15) is 5.10 Å². The summed E-state index contributed by atoms with van der Waals surface area (Å²) in [5.41, 5.74) is -0.549. The first-order valence-electron chi connectivity index (χ1n) is 7.65. The monoisotopic (exact) mass is 359 g/mol. The second-order valence-electron chi connectivity index (χ2n) is 5.78. The fraction of sp³-hybridized carbons (Fsp3) is 0.222. The molecule has 3 aromatic rings. The van der Waals surface area contributed by atoms with Gasteiger partial charge in [-0.3, -0.25) is 0 Å². The van der Waals surface area contributed by atoms with Gasteiger partial charge in [0.05, 0.1) is 13.7 Å². The molecule has 0 saturated heterocycles. The van der Waals surface area contributed by atoms with Crippen molar-refractivity contribution in [3.8, 4) is 17.2 Å². The van der Waals surface area contributed by atoms with Gasteiger partial charge in [0, 0.05) is 16.7 Å². The largest absolute Gasteiger partial charge is 0.496 e. The molecular formula is C18H18ClN3O3. The van der Waals surface area contributed by atoms with Crippen molar-refractivity contribution in [1.29, 1.82) is 0 Å². The topological polar surface area (TPSA) is 69.4 Å². The first-order chi connectivity index (χ1) is 12.0. The number of methoxy groups -OCH3 is 1. The Bertz CT molecular complexity index is 833. The van der Waals surface area contributed by atoms with Gasteiger partial charge >= 0.3 is 0 Å². The second kappa shape index (κ2) is 7.13. The molecule has 0 bridgehead atoms. The van der Waals surface area contributed by atoms with Gasteiger partial charge < -0.3 is 14.6 Å². The first-order valence-corrected chi connectivity index (χ1v) is 8.02. The number of rotatable bonds is 6. The maximum Gasteiger partial charge on any atom is 0.137 e. The molecule has 0 radical (unpaired) electrons. The lowest BCUT2D eigenvalue weighted by atomic mass is 9.95. The van der Waals surface area contributed by atoms with Crippen molar-refractivity contribution in [1.82, 2.24) is 14.8 Å². The summed E-state index contributed by atoms with van der Waals surface area (Å²) >= 11 is 5.88. The number of ether oxygens (including phenoxy) is 2. The van der Waals surface area contributed by atoms with Crippen molar-refractivity contribution in [3.63, 3.8) is 0 Å². The predicted molar refractivity (Wildman–Crippen MR) is 94.1 cm³/mol. The van der Waals surface area contributed by atoms with Crippen LogP contribution in [0.1, 0.15) is 12.5 Å². The van der Waals surface area contributed by atoms with E-state index in [-0.39, 0.29) is 6.54 Å². The number of nitrogens with zero attached hydrogens (tertiary/aromatic N) is 3. The van der Waals surface area contributed by atoms with Crippen LogP contribution in [-0.2, 0) is 12.1 Å². The third-order valence-corrected chi connectivity index (χ3v) is 3.99. The highest BCUT2D eigenvalue weighted by Gasteiger charge is 2.28. The fourth-order valence-electron chi connectivity index (χ4n) is 2.53. The Morgan fingerprint density at radius 3 is 2.52 bits per heavy atom. The molecule has 1 atom stereocenters. The summed E-state index contributed by atoms with van der Waals surface area (Å²) in [5.74, 6) is 1.78. The van der Waals surface area contributed by atoms with E-state index >= 15 is 0 Å². The first kappa shape index (κ1) is 17.3. The molecule has 0 fully saturated rings. The van der Waals surface area contributed by atoms with Crippen LogP contribution >= 0.6 is 11.6 Å². The van der Waals surface area contributed by atoms with Gasteiger partial charge in [0.25, 0.3) is 0 Å². The Labute approximate surface area is 150 Å². The summed E-state index contributed by atoms with van der Waals surface area (Å²) in [6.07, 6.45) is 2.98. The molecule has 2 aromatic carbocycles. The van der Waals surface area contributed by atoms with E-state index < -0.39 is 5.60 Å². The van der Waals surface area contributed by atoms with Crippen LogP contribution in [0.5, 0.6) is 17.2 Å². The van der Waals surface area contributed by atoms with Crippen molar-refractivity contribution in [3.05, 3.63) is 65.7 Å². The Morgan fingerprint density at radius 1 is 1.16 bits per heavy atom. The Kier molecular flexibility index (Phi) is 4.92. The van der Waals surface area contributed by atoms with E-state index in [1.165, 1.54) is 6.33 Å². The highest BCUT2D eigenvalue weighted by Crippen LogP contribution is 2.35. The van der Waals surface area contributed by atoms with Crippen LogP contribution in [0.4, 0.5) is 0 Å². The van der Waals surface area contributed by atoms with Gasteiger partial charge in [-0.05, 0) is 43.3 Å². The Morgan fingerprint density at radius 2 is 1.88 bits per heavy atom. The lowest BCUT2D eigenvalue weighted by molar-refractivity contribution is 0.0322. The van der Waals surface area contributed by atoms with Crippen molar-refractivity contribution in [2.75, 3.05) is 7.11 Å². The smallest absolute Gasteiger partial charge is 0.137 e. The third-order valence-electron chi connectivity index (χ3n) is 3.74. The number of aliphatic hydroxyl groups is 1. The molecule has 6 nitrogen and oxygen atoms in total. The minimum atomic E-state index is -1.18. The maximum absolute atomic E-state index is 10.9. The number of hydrogen-bond donors (Lipinski definition) is 1. The van der Waals surface area contributed by atoms with E-state index in [2.05, 4.69) is 10.1 Å². The molecule has 3 rings (SSSR count). The average Bonchev–Trinajstić information content (AvgIpc) is 3.09. The quantitative estimate of drug-likeness (QED) is 0.727. The lowest BCUT2D eigenvalue weighted by Gasteiger charge is -2.25. The van der Waals surface area contributed by atoms with E-state index in [0.717, 1.165) is 0 Å². The number of benzene rings is 2. The van der Waals surface area contributed by atoms with Crippen LogP contribution < -0.4 is 9.47 Å². The Hall–Kier alpha value is -2.57. The molecule has 0 aliphatic rings. The second-order valence-corrected chi connectivity index (χ2v) is 6.22. The van der Waals surface area contributed by atoms with Gasteiger partial charge in [-0.1, -0.05) is 11.6 Å². The number of hydrogen-bond acceptors (Lipinski definition) is 5. The summed E-state index contributed by atoms with van der Waals surface area (Å²) in [7, 11) is 1.55. The zero-order valence-corrected chi connectivity index (χ0v) is 14.6. The SMILES string of the molecule is COc1cc(Oc2ccc(Cl)cc2)ccc1C(C)(O)Cn1cncn1. The number of halogens is 1. The minimum absolute atomic E-state index is 0.251. The molecule has 0 aliphatic heterocycles. The molecule has 25 heavy (non-hydrogen) atoms. The molecule has 0 aliphatic carbocycles. The summed E-state index contributed by atoms with van der Waals surface area (Å²) in [6.45, 7) is 1.95. The molecule has 1 N–H and O–H groups in total. The van der Waals surface area contributed by atoms with Crippen LogP contribution in [0.25, 0.3) is 0 Å². The zero-order chi connectivity index (χ0) is 17.9. The standard InChI is InChI=1S/C18H18ClN3O3/c1-18(23,10-22-12-20-11-21-22)16-8-7-15(9-17(16)24-2)25-14-5-3-13(19)4-6-14/h3-9,11-12,23H,10H2,1-2H3. The molecule has 0 amide bonds. The average molecular weight is 360 g/mol. The molecule has 1 heterocycles. The van der Waals surface area contributed by atoms with Crippen molar-refractivity contribution in [2.24, 2.45) is 0 Å². The molecule has 1 aromatic heterocycles. The molecule has 7 heteroatoms. The van der Waals surface area contributed by atoms with Crippen LogP contribution in [0.15, 0.2) is 55.1 Å². The van der Waals surface area contributed by atoms with Gasteiger partial charge in [0.1, 0.15) is 35.5 Å². The third kappa shape index (κ3) is 4.10. The zero-order valence-electron chi connectivity index (χ0n) is 13.9. The maximum atomic E-state index is 10.9. The summed E-state index contributed by atoms with van der Waals surface area (Å²) in [6, 6.07) is 12.4. The van der Waals surface area contributed by atoms with E-state index in [0.29, 0.717) is 27.8 Å². The predicted octanol–water partition coefficient (Wildman–Crippen LogP) is 3.64. The van der Waals surface area contributed by atoms with E-state index in [4.69, 9.17) is 21.1 Å². The fourth-order valence-corrected chi connectivity index (χ4v) is 2.66. The van der Waals surface area contributed by atoms with Crippen molar-refractivity contribution >= 4 is 11.6 Å². The lowest BCUT2D eigenvalue weighted by Crippen LogP contribution is -2.28. The van der Waals surface area contributed by atoms with Crippen LogP contribution in [0.3, 0.4) is 0 Å². The number of aromatic nitrogens is 3. The van der Waals surface area contributed by atoms with Crippen molar-refractivity contribution < 1.29 is 14.6 Å². The summed E-state index contributed by atoms with van der Waals surface area (Å²) in [4.78, 5) is 3.89. The normalized spacial score (nSPS) is 13.3. The van der Waals surface area contributed by atoms with Gasteiger partial charge in [-0.15, -0.1) is 0 Å².